The van der Waals surface area contributed by atoms with Crippen molar-refractivity contribution in [3.8, 4) is 0 Å². The minimum atomic E-state index is 0.399. The van der Waals surface area contributed by atoms with E-state index in [9.17, 15) is 0 Å². The minimum absolute atomic E-state index is 0.399. The van der Waals surface area contributed by atoms with Crippen molar-refractivity contribution in [2.75, 3.05) is 0 Å². The summed E-state index contributed by atoms with van der Waals surface area (Å²) in [6, 6.07) is 0. The van der Waals surface area contributed by atoms with Crippen molar-refractivity contribution >= 4 is 23.5 Å². The van der Waals surface area contributed by atoms with Gasteiger partial charge in [-0.15, -0.1) is 23.5 Å². The molecule has 0 bridgehead atoms. The van der Waals surface area contributed by atoms with E-state index in [4.69, 9.17) is 0 Å². The zero-order valence-corrected chi connectivity index (χ0v) is 12.4. The van der Waals surface area contributed by atoms with Crippen LogP contribution in [0.15, 0.2) is 0 Å². The van der Waals surface area contributed by atoms with Gasteiger partial charge in [-0.3, -0.25) is 0 Å². The summed E-state index contributed by atoms with van der Waals surface area (Å²) < 4.78 is 0.399. The van der Waals surface area contributed by atoms with Gasteiger partial charge in [-0.05, 0) is 19.3 Å². The average molecular weight is 234 g/mol. The maximum atomic E-state index is 2.41. The first-order valence-electron chi connectivity index (χ1n) is 5.61. The molecule has 0 aliphatic rings. The van der Waals surface area contributed by atoms with Crippen LogP contribution in [0, 0.1) is 5.92 Å². The smallest absolute Gasteiger partial charge is 0.0590 e. The molecule has 0 nitrogen and oxygen atoms in total. The molecule has 14 heavy (non-hydrogen) atoms. The van der Waals surface area contributed by atoms with Gasteiger partial charge in [-0.1, -0.05) is 41.5 Å². The normalized spacial score (nSPS) is 13.3. The van der Waals surface area contributed by atoms with Gasteiger partial charge in [0.2, 0.25) is 0 Å². The van der Waals surface area contributed by atoms with Crippen LogP contribution in [0.2, 0.25) is 0 Å². The highest BCUT2D eigenvalue weighted by atomic mass is 32.2. The van der Waals surface area contributed by atoms with Crippen molar-refractivity contribution in [3.05, 3.63) is 0 Å². The van der Waals surface area contributed by atoms with Crippen LogP contribution in [0.4, 0.5) is 0 Å². The van der Waals surface area contributed by atoms with Crippen molar-refractivity contribution in [1.29, 1.82) is 0 Å². The molecule has 0 saturated heterocycles. The van der Waals surface area contributed by atoms with Crippen LogP contribution < -0.4 is 0 Å². The molecule has 0 rings (SSSR count). The second-order valence-electron chi connectivity index (χ2n) is 5.06. The Morgan fingerprint density at radius 2 is 1.21 bits per heavy atom. The molecule has 0 atom stereocenters. The summed E-state index contributed by atoms with van der Waals surface area (Å²) >= 11 is 4.24. The molecule has 0 amide bonds. The van der Waals surface area contributed by atoms with E-state index in [1.54, 1.807) is 0 Å². The fraction of sp³-hybridized carbons (Fsp3) is 1.00. The Balaban J connectivity index is 4.32. The van der Waals surface area contributed by atoms with Gasteiger partial charge in [0.1, 0.15) is 0 Å². The molecule has 0 aromatic rings. The second-order valence-corrected chi connectivity index (χ2v) is 9.48. The number of rotatable bonds is 6. The number of hydrogen-bond donors (Lipinski definition) is 0. The third kappa shape index (κ3) is 7.05. The highest BCUT2D eigenvalue weighted by Crippen LogP contribution is 2.45. The zero-order valence-electron chi connectivity index (χ0n) is 10.8. The summed E-state index contributed by atoms with van der Waals surface area (Å²) in [7, 11) is 0. The maximum absolute atomic E-state index is 2.41. The molecule has 0 spiro atoms. The van der Waals surface area contributed by atoms with Crippen LogP contribution in [-0.4, -0.2) is 14.6 Å². The molecule has 0 N–H and O–H groups in total. The number of thioether (sulfide) groups is 2. The molecule has 0 aromatic heterocycles. The van der Waals surface area contributed by atoms with Crippen LogP contribution in [0.1, 0.15) is 54.9 Å². The van der Waals surface area contributed by atoms with E-state index < -0.39 is 0 Å². The lowest BCUT2D eigenvalue weighted by Gasteiger charge is -2.33. The summed E-state index contributed by atoms with van der Waals surface area (Å²) in [5.41, 5.74) is 0. The first-order valence-corrected chi connectivity index (χ1v) is 7.36. The lowest BCUT2D eigenvalue weighted by atomic mass is 10.1. The van der Waals surface area contributed by atoms with Gasteiger partial charge in [0.15, 0.2) is 0 Å². The monoisotopic (exact) mass is 234 g/mol. The Hall–Kier alpha value is 0.700. The third-order valence-electron chi connectivity index (χ3n) is 1.75. The van der Waals surface area contributed by atoms with Gasteiger partial charge in [0.05, 0.1) is 4.08 Å². The average Bonchev–Trinajstić information content (AvgIpc) is 1.76. The third-order valence-corrected chi connectivity index (χ3v) is 4.60. The van der Waals surface area contributed by atoms with Crippen molar-refractivity contribution in [2.24, 2.45) is 5.92 Å². The largest absolute Gasteiger partial charge is 0.142 e. The van der Waals surface area contributed by atoms with Crippen LogP contribution in [0.5, 0.6) is 0 Å². The van der Waals surface area contributed by atoms with E-state index in [2.05, 4.69) is 72.0 Å². The van der Waals surface area contributed by atoms with Crippen LogP contribution in [0.25, 0.3) is 0 Å². The SMILES string of the molecule is CC(C)CC(C)(SC(C)C)SC(C)C. The van der Waals surface area contributed by atoms with Gasteiger partial charge in [-0.2, -0.15) is 0 Å². The van der Waals surface area contributed by atoms with Crippen LogP contribution in [0.3, 0.4) is 0 Å². The molecule has 0 saturated carbocycles. The van der Waals surface area contributed by atoms with Crippen molar-refractivity contribution in [2.45, 2.75) is 69.5 Å². The van der Waals surface area contributed by atoms with Gasteiger partial charge < -0.3 is 0 Å². The van der Waals surface area contributed by atoms with E-state index >= 15 is 0 Å². The Morgan fingerprint density at radius 3 is 1.43 bits per heavy atom. The predicted octanol–water partition coefficient (Wildman–Crippen LogP) is 5.03. The van der Waals surface area contributed by atoms with E-state index in [-0.39, 0.29) is 0 Å². The standard InChI is InChI=1S/C12H26S2/c1-9(2)8-12(7,13-10(3)4)14-11(5)6/h9-11H,8H2,1-7H3. The van der Waals surface area contributed by atoms with E-state index in [1.807, 2.05) is 0 Å². The van der Waals surface area contributed by atoms with Crippen LogP contribution in [-0.2, 0) is 0 Å². The van der Waals surface area contributed by atoms with Gasteiger partial charge in [-0.25, -0.2) is 0 Å². The molecule has 0 unspecified atom stereocenters. The highest BCUT2D eigenvalue weighted by Gasteiger charge is 2.28. The quantitative estimate of drug-likeness (QED) is 0.591. The zero-order chi connectivity index (χ0) is 11.4. The molecule has 0 heterocycles. The topological polar surface area (TPSA) is 0 Å². The van der Waals surface area contributed by atoms with E-state index in [1.165, 1.54) is 6.42 Å². The predicted molar refractivity (Wildman–Crippen MR) is 73.3 cm³/mol. The van der Waals surface area contributed by atoms with E-state index in [0.717, 1.165) is 16.4 Å². The molecule has 0 aliphatic carbocycles. The number of hydrogen-bond acceptors (Lipinski definition) is 2. The Labute approximate surface area is 99.0 Å². The van der Waals surface area contributed by atoms with Crippen molar-refractivity contribution in [3.63, 3.8) is 0 Å². The summed E-state index contributed by atoms with van der Waals surface area (Å²) in [6.07, 6.45) is 1.30. The summed E-state index contributed by atoms with van der Waals surface area (Å²) in [5, 5.41) is 1.45. The summed E-state index contributed by atoms with van der Waals surface area (Å²) in [6.45, 7) is 16.2. The van der Waals surface area contributed by atoms with Crippen molar-refractivity contribution in [1.82, 2.24) is 0 Å². The lowest BCUT2D eigenvalue weighted by molar-refractivity contribution is 0.563. The molecule has 86 valence electrons. The Morgan fingerprint density at radius 1 is 0.857 bits per heavy atom. The molecule has 0 radical (unpaired) electrons. The maximum Gasteiger partial charge on any atom is 0.0590 e. The second kappa shape index (κ2) is 6.32. The minimum Gasteiger partial charge on any atom is -0.142 e. The summed E-state index contributed by atoms with van der Waals surface area (Å²) in [4.78, 5) is 0. The molecule has 0 fully saturated rings. The first kappa shape index (κ1) is 14.7. The molecule has 0 aliphatic heterocycles. The molecular weight excluding hydrogens is 208 g/mol. The Bertz CT molecular complexity index is 124. The molecule has 0 aromatic carbocycles. The highest BCUT2D eigenvalue weighted by molar-refractivity contribution is 8.18. The first-order chi connectivity index (χ1) is 6.25. The van der Waals surface area contributed by atoms with Crippen LogP contribution >= 0.6 is 23.5 Å². The van der Waals surface area contributed by atoms with Gasteiger partial charge in [0, 0.05) is 10.5 Å². The van der Waals surface area contributed by atoms with Gasteiger partial charge in [0.25, 0.3) is 0 Å². The van der Waals surface area contributed by atoms with Crippen molar-refractivity contribution < 1.29 is 0 Å². The van der Waals surface area contributed by atoms with Gasteiger partial charge >= 0.3 is 0 Å². The van der Waals surface area contributed by atoms with E-state index in [0.29, 0.717) is 4.08 Å². The fourth-order valence-corrected chi connectivity index (χ4v) is 6.09. The summed E-state index contributed by atoms with van der Waals surface area (Å²) in [5.74, 6) is 0.789. The Kier molecular flexibility index (Phi) is 6.63. The molecule has 2 heteroatoms. The lowest BCUT2D eigenvalue weighted by Crippen LogP contribution is -2.22. The fourth-order valence-electron chi connectivity index (χ4n) is 1.86. The molecular formula is C12H26S2.